The van der Waals surface area contributed by atoms with E-state index < -0.39 is 24.3 Å². The van der Waals surface area contributed by atoms with Crippen LogP contribution in [0.2, 0.25) is 0 Å². The summed E-state index contributed by atoms with van der Waals surface area (Å²) in [5.74, 6) is 3.94. The van der Waals surface area contributed by atoms with E-state index in [9.17, 15) is 19.8 Å². The maximum atomic E-state index is 13.8. The number of aliphatic hydroxyl groups is 2. The molecule has 2 saturated carbocycles. The zero-order chi connectivity index (χ0) is 30.4. The van der Waals surface area contributed by atoms with Crippen molar-refractivity contribution in [3.05, 3.63) is 71.8 Å². The summed E-state index contributed by atoms with van der Waals surface area (Å²) >= 11 is 1.73. The van der Waals surface area contributed by atoms with Crippen molar-refractivity contribution in [2.45, 2.75) is 101 Å². The highest BCUT2D eigenvalue weighted by Gasteiger charge is 2.36. The molecule has 0 aliphatic heterocycles. The molecule has 7 heteroatoms. The van der Waals surface area contributed by atoms with Crippen LogP contribution in [0.3, 0.4) is 0 Å². The van der Waals surface area contributed by atoms with Crippen LogP contribution in [0.15, 0.2) is 60.7 Å². The van der Waals surface area contributed by atoms with Gasteiger partial charge in [0.2, 0.25) is 11.8 Å². The Bertz CT molecular complexity index is 1160. The maximum absolute atomic E-state index is 13.8. The molecule has 232 valence electrons. The van der Waals surface area contributed by atoms with Crippen LogP contribution in [0.5, 0.6) is 0 Å². The van der Waals surface area contributed by atoms with Gasteiger partial charge in [0.05, 0.1) is 18.1 Å². The van der Waals surface area contributed by atoms with Gasteiger partial charge < -0.3 is 20.8 Å². The normalized spacial score (nSPS) is 18.9. The molecular weight excluding hydrogens is 556 g/mol. The molecule has 2 fully saturated rings. The number of hydrogen-bond acceptors (Lipinski definition) is 5. The second-order valence-electron chi connectivity index (χ2n) is 12.4. The summed E-state index contributed by atoms with van der Waals surface area (Å²) in [4.78, 5) is 27.6. The molecular formula is C36H48N2O4S. The quantitative estimate of drug-likeness (QED) is 0.185. The Balaban J connectivity index is 1.45. The van der Waals surface area contributed by atoms with Gasteiger partial charge in [-0.1, -0.05) is 106 Å². The van der Waals surface area contributed by atoms with E-state index in [2.05, 4.69) is 28.7 Å². The highest BCUT2D eigenvalue weighted by molar-refractivity contribution is 7.98. The first-order valence-electron chi connectivity index (χ1n) is 16.0. The summed E-state index contributed by atoms with van der Waals surface area (Å²) in [5, 5.41) is 27.7. The fourth-order valence-corrected chi connectivity index (χ4v) is 7.19. The third kappa shape index (κ3) is 11.3. The van der Waals surface area contributed by atoms with E-state index in [1.54, 1.807) is 11.8 Å². The van der Waals surface area contributed by atoms with Crippen LogP contribution in [0.1, 0.15) is 75.3 Å². The van der Waals surface area contributed by atoms with Gasteiger partial charge in [-0.2, -0.15) is 11.8 Å². The van der Waals surface area contributed by atoms with Gasteiger partial charge in [0.25, 0.3) is 0 Å². The number of benzene rings is 2. The molecule has 5 atom stereocenters. The Hall–Kier alpha value is -2.79. The van der Waals surface area contributed by atoms with Crippen molar-refractivity contribution < 1.29 is 19.8 Å². The molecule has 0 spiro atoms. The average Bonchev–Trinajstić information content (AvgIpc) is 3.85. The number of hydrogen-bond donors (Lipinski definition) is 4. The molecule has 2 amide bonds. The van der Waals surface area contributed by atoms with E-state index in [1.807, 2.05) is 48.5 Å². The largest absolute Gasteiger partial charge is 0.389 e. The van der Waals surface area contributed by atoms with Crippen LogP contribution < -0.4 is 10.6 Å². The van der Waals surface area contributed by atoms with Gasteiger partial charge in [0, 0.05) is 17.9 Å². The van der Waals surface area contributed by atoms with Gasteiger partial charge >= 0.3 is 0 Å². The van der Waals surface area contributed by atoms with Crippen molar-refractivity contribution in [3.8, 4) is 12.3 Å². The van der Waals surface area contributed by atoms with E-state index >= 15 is 0 Å². The third-order valence-corrected chi connectivity index (χ3v) is 9.97. The first kappa shape index (κ1) is 33.1. The SMILES string of the molecule is C#CC[C@H](O)[C@H](O)[C@H](CC1CCCCC1)NC(=O)[C@H](CC1CC1)NC(=O)[C@@H](CSCc1ccccc1)Cc1ccccc1. The molecule has 0 bridgehead atoms. The molecule has 2 aliphatic carbocycles. The van der Waals surface area contributed by atoms with Crippen molar-refractivity contribution in [2.75, 3.05) is 5.75 Å². The lowest BCUT2D eigenvalue weighted by Gasteiger charge is -2.33. The zero-order valence-electron chi connectivity index (χ0n) is 25.2. The molecule has 0 unspecified atom stereocenters. The minimum absolute atomic E-state index is 0.0161. The smallest absolute Gasteiger partial charge is 0.242 e. The van der Waals surface area contributed by atoms with E-state index in [0.29, 0.717) is 36.9 Å². The van der Waals surface area contributed by atoms with Crippen LogP contribution in [-0.2, 0) is 21.8 Å². The lowest BCUT2D eigenvalue weighted by atomic mass is 9.82. The predicted molar refractivity (Wildman–Crippen MR) is 174 cm³/mol. The maximum Gasteiger partial charge on any atom is 0.242 e. The van der Waals surface area contributed by atoms with E-state index in [-0.39, 0.29) is 24.2 Å². The van der Waals surface area contributed by atoms with Gasteiger partial charge in [0.15, 0.2) is 0 Å². The summed E-state index contributed by atoms with van der Waals surface area (Å²) in [5.41, 5.74) is 2.30. The average molecular weight is 605 g/mol. The monoisotopic (exact) mass is 604 g/mol. The molecule has 43 heavy (non-hydrogen) atoms. The topological polar surface area (TPSA) is 98.7 Å². The number of terminal acetylenes is 1. The number of aliphatic hydroxyl groups excluding tert-OH is 2. The molecule has 2 aromatic rings. The molecule has 2 aromatic carbocycles. The zero-order valence-corrected chi connectivity index (χ0v) is 26.0. The van der Waals surface area contributed by atoms with Crippen molar-refractivity contribution >= 4 is 23.6 Å². The van der Waals surface area contributed by atoms with Crippen molar-refractivity contribution in [1.82, 2.24) is 10.6 Å². The number of thioether (sulfide) groups is 1. The number of carbonyl (C=O) groups excluding carboxylic acids is 2. The summed E-state index contributed by atoms with van der Waals surface area (Å²) < 4.78 is 0. The minimum Gasteiger partial charge on any atom is -0.389 e. The number of rotatable bonds is 17. The highest BCUT2D eigenvalue weighted by atomic mass is 32.2. The van der Waals surface area contributed by atoms with Gasteiger partial charge in [-0.25, -0.2) is 0 Å². The Morgan fingerprint density at radius 1 is 0.837 bits per heavy atom. The lowest BCUT2D eigenvalue weighted by molar-refractivity contribution is -0.132. The molecule has 4 N–H and O–H groups in total. The standard InChI is InChI=1S/C36H48N2O4S/c1-2-12-33(39)34(40)31(22-27-15-8-4-9-16-27)37-36(42)32(23-28-19-20-28)38-35(41)30(21-26-13-6-3-7-14-26)25-43-24-29-17-10-5-11-18-29/h1,3,5-7,10-11,13-14,17-18,27-28,30-34,39-40H,4,8-9,12,15-16,19-25H2,(H,37,42)(H,38,41)/t30-,31+,32+,33+,34-/m1/s1. The van der Waals surface area contributed by atoms with Gasteiger partial charge in [-0.3, -0.25) is 9.59 Å². The molecule has 0 saturated heterocycles. The summed E-state index contributed by atoms with van der Waals surface area (Å²) in [6.07, 6.45) is 12.6. The van der Waals surface area contributed by atoms with Crippen molar-refractivity contribution in [2.24, 2.45) is 17.8 Å². The molecule has 2 aliphatic rings. The Morgan fingerprint density at radius 3 is 2.09 bits per heavy atom. The van der Waals surface area contributed by atoms with E-state index in [1.165, 1.54) is 12.0 Å². The van der Waals surface area contributed by atoms with Crippen LogP contribution in [0.4, 0.5) is 0 Å². The second kappa shape index (κ2) is 17.5. The molecule has 6 nitrogen and oxygen atoms in total. The number of amides is 2. The lowest BCUT2D eigenvalue weighted by Crippen LogP contribution is -2.56. The number of carbonyl (C=O) groups is 2. The van der Waals surface area contributed by atoms with Gasteiger partial charge in [-0.05, 0) is 42.2 Å². The summed E-state index contributed by atoms with van der Waals surface area (Å²) in [6.45, 7) is 0. The number of nitrogens with one attached hydrogen (secondary N) is 2. The van der Waals surface area contributed by atoms with Crippen LogP contribution in [-0.4, -0.2) is 52.1 Å². The third-order valence-electron chi connectivity index (χ3n) is 8.80. The van der Waals surface area contributed by atoms with Gasteiger partial charge in [0.1, 0.15) is 12.1 Å². The van der Waals surface area contributed by atoms with Crippen LogP contribution in [0.25, 0.3) is 0 Å². The Kier molecular flexibility index (Phi) is 13.5. The fourth-order valence-electron chi connectivity index (χ4n) is 6.09. The fraction of sp³-hybridized carbons (Fsp3) is 0.556. The predicted octanol–water partition coefficient (Wildman–Crippen LogP) is 5.26. The van der Waals surface area contributed by atoms with Crippen LogP contribution >= 0.6 is 11.8 Å². The van der Waals surface area contributed by atoms with Crippen molar-refractivity contribution in [1.29, 1.82) is 0 Å². The van der Waals surface area contributed by atoms with Crippen molar-refractivity contribution in [3.63, 3.8) is 0 Å². The second-order valence-corrected chi connectivity index (χ2v) is 13.5. The van der Waals surface area contributed by atoms with Gasteiger partial charge in [-0.15, -0.1) is 12.3 Å². The molecule has 0 heterocycles. The molecule has 4 rings (SSSR count). The Labute approximate surface area is 261 Å². The Morgan fingerprint density at radius 2 is 1.47 bits per heavy atom. The molecule has 0 radical (unpaired) electrons. The first-order chi connectivity index (χ1) is 20.9. The molecule has 0 aromatic heterocycles. The highest BCUT2D eigenvalue weighted by Crippen LogP contribution is 2.34. The summed E-state index contributed by atoms with van der Waals surface area (Å²) in [7, 11) is 0. The summed E-state index contributed by atoms with van der Waals surface area (Å²) in [6, 6.07) is 18.9. The van der Waals surface area contributed by atoms with E-state index in [4.69, 9.17) is 6.42 Å². The van der Waals surface area contributed by atoms with E-state index in [0.717, 1.165) is 49.8 Å². The first-order valence-corrected chi connectivity index (χ1v) is 17.1. The van der Waals surface area contributed by atoms with Crippen LogP contribution in [0, 0.1) is 30.1 Å². The minimum atomic E-state index is -1.17.